The van der Waals surface area contributed by atoms with E-state index >= 15 is 0 Å². The summed E-state index contributed by atoms with van der Waals surface area (Å²) in [6.07, 6.45) is 4.03. The lowest BCUT2D eigenvalue weighted by Gasteiger charge is -2.43. The van der Waals surface area contributed by atoms with Crippen LogP contribution in [0.5, 0.6) is 0 Å². The summed E-state index contributed by atoms with van der Waals surface area (Å²) in [5.74, 6) is 0. The maximum atomic E-state index is 6.29. The Bertz CT molecular complexity index is 733. The van der Waals surface area contributed by atoms with Gasteiger partial charge in [-0.3, -0.25) is 14.5 Å². The van der Waals surface area contributed by atoms with Gasteiger partial charge in [0.25, 0.3) is 0 Å². The molecule has 2 saturated heterocycles. The maximum Gasteiger partial charge on any atom is 0.117 e. The topological polar surface area (TPSA) is 55.7 Å². The van der Waals surface area contributed by atoms with Crippen LogP contribution in [0.4, 0.5) is 0 Å². The molecule has 2 fully saturated rings. The zero-order valence-corrected chi connectivity index (χ0v) is 16.4. The van der Waals surface area contributed by atoms with Gasteiger partial charge in [-0.2, -0.15) is 5.10 Å². The average Bonchev–Trinajstić information content (AvgIpc) is 3.14. The molecule has 0 saturated carbocycles. The molecule has 26 heavy (non-hydrogen) atoms. The minimum Gasteiger partial charge on any atom is -0.377 e. The van der Waals surface area contributed by atoms with Crippen LogP contribution in [0.2, 0.25) is 0 Å². The van der Waals surface area contributed by atoms with Crippen molar-refractivity contribution >= 4 is 11.3 Å². The lowest BCUT2D eigenvalue weighted by Crippen LogP contribution is -2.58. The molecule has 1 atom stereocenters. The molecule has 0 aliphatic carbocycles. The SMILES string of the molecule is Cc1nc(CN2CCOCC3(CN(Cc4cnn(C)c4)CCO3)C2)cs1. The first-order chi connectivity index (χ1) is 12.6. The Morgan fingerprint density at radius 1 is 1.19 bits per heavy atom. The van der Waals surface area contributed by atoms with Crippen molar-refractivity contribution in [2.24, 2.45) is 7.05 Å². The van der Waals surface area contributed by atoms with Gasteiger partial charge in [-0.25, -0.2) is 4.98 Å². The van der Waals surface area contributed by atoms with Crippen molar-refractivity contribution in [2.75, 3.05) is 46.0 Å². The highest BCUT2D eigenvalue weighted by Gasteiger charge is 2.40. The second-order valence-electron chi connectivity index (χ2n) is 7.39. The number of aromatic nitrogens is 3. The fourth-order valence-corrected chi connectivity index (χ4v) is 4.49. The molecule has 2 aromatic rings. The molecular weight excluding hydrogens is 350 g/mol. The van der Waals surface area contributed by atoms with E-state index in [-0.39, 0.29) is 5.60 Å². The Kier molecular flexibility index (Phi) is 5.37. The minimum atomic E-state index is -0.262. The van der Waals surface area contributed by atoms with Crippen LogP contribution in [0.1, 0.15) is 16.3 Å². The van der Waals surface area contributed by atoms with Crippen LogP contribution in [0.25, 0.3) is 0 Å². The van der Waals surface area contributed by atoms with Gasteiger partial charge in [0.05, 0.1) is 36.7 Å². The van der Waals surface area contributed by atoms with Crippen molar-refractivity contribution in [3.63, 3.8) is 0 Å². The number of morpholine rings is 1. The number of hydrogen-bond donors (Lipinski definition) is 0. The largest absolute Gasteiger partial charge is 0.377 e. The van der Waals surface area contributed by atoms with E-state index in [2.05, 4.69) is 38.4 Å². The molecule has 2 aliphatic heterocycles. The molecular formula is C18H27N5O2S. The van der Waals surface area contributed by atoms with E-state index in [1.165, 1.54) is 5.56 Å². The zero-order valence-electron chi connectivity index (χ0n) is 15.6. The first-order valence-corrected chi connectivity index (χ1v) is 10.0. The van der Waals surface area contributed by atoms with Crippen molar-refractivity contribution < 1.29 is 9.47 Å². The third-order valence-electron chi connectivity index (χ3n) is 4.97. The Balaban J connectivity index is 1.42. The van der Waals surface area contributed by atoms with Crippen molar-refractivity contribution in [3.05, 3.63) is 34.0 Å². The molecule has 7 nitrogen and oxygen atoms in total. The summed E-state index contributed by atoms with van der Waals surface area (Å²) in [7, 11) is 1.96. The molecule has 0 amide bonds. The van der Waals surface area contributed by atoms with Crippen LogP contribution >= 0.6 is 11.3 Å². The van der Waals surface area contributed by atoms with Gasteiger partial charge in [0.1, 0.15) is 5.60 Å². The smallest absolute Gasteiger partial charge is 0.117 e. The second kappa shape index (κ2) is 7.74. The first kappa shape index (κ1) is 18.1. The lowest BCUT2D eigenvalue weighted by molar-refractivity contribution is -0.143. The standard InChI is InChI=1S/C18H27N5O2S/c1-15-20-17(11-26-15)10-23-3-5-24-14-18(13-23)12-22(4-6-25-18)9-16-7-19-21(2)8-16/h7-8,11H,3-6,9-10,12-14H2,1-2H3. The summed E-state index contributed by atoms with van der Waals surface area (Å²) in [6, 6.07) is 0. The summed E-state index contributed by atoms with van der Waals surface area (Å²) < 4.78 is 14.1. The number of nitrogens with zero attached hydrogens (tertiary/aromatic N) is 5. The van der Waals surface area contributed by atoms with Crippen LogP contribution in [-0.2, 0) is 29.6 Å². The Morgan fingerprint density at radius 2 is 2.00 bits per heavy atom. The van der Waals surface area contributed by atoms with E-state index in [1.807, 2.05) is 17.9 Å². The van der Waals surface area contributed by atoms with Gasteiger partial charge < -0.3 is 9.47 Å². The van der Waals surface area contributed by atoms with Gasteiger partial charge in [0, 0.05) is 63.5 Å². The third-order valence-corrected chi connectivity index (χ3v) is 5.80. The van der Waals surface area contributed by atoms with Crippen LogP contribution in [0, 0.1) is 6.92 Å². The second-order valence-corrected chi connectivity index (χ2v) is 8.45. The monoisotopic (exact) mass is 377 g/mol. The van der Waals surface area contributed by atoms with Crippen molar-refractivity contribution in [1.29, 1.82) is 0 Å². The number of rotatable bonds is 4. The van der Waals surface area contributed by atoms with E-state index in [1.54, 1.807) is 11.3 Å². The summed E-state index contributed by atoms with van der Waals surface area (Å²) in [4.78, 5) is 9.50. The Morgan fingerprint density at radius 3 is 2.73 bits per heavy atom. The number of hydrogen-bond acceptors (Lipinski definition) is 7. The molecule has 142 valence electrons. The number of ether oxygens (including phenoxy) is 2. The molecule has 1 unspecified atom stereocenters. The molecule has 0 aromatic carbocycles. The molecule has 4 heterocycles. The van der Waals surface area contributed by atoms with E-state index in [0.29, 0.717) is 6.61 Å². The highest BCUT2D eigenvalue weighted by molar-refractivity contribution is 7.09. The van der Waals surface area contributed by atoms with Crippen LogP contribution in [0.3, 0.4) is 0 Å². The van der Waals surface area contributed by atoms with Crippen molar-refractivity contribution in [2.45, 2.75) is 25.6 Å². The van der Waals surface area contributed by atoms with E-state index < -0.39 is 0 Å². The summed E-state index contributed by atoms with van der Waals surface area (Å²) in [6.45, 7) is 9.61. The van der Waals surface area contributed by atoms with Crippen molar-refractivity contribution in [3.8, 4) is 0 Å². The predicted molar refractivity (Wildman–Crippen MR) is 100 cm³/mol. The molecule has 2 aromatic heterocycles. The van der Waals surface area contributed by atoms with Crippen LogP contribution in [-0.4, -0.2) is 76.2 Å². The molecule has 0 radical (unpaired) electrons. The molecule has 2 aliphatic rings. The predicted octanol–water partition coefficient (Wildman–Crippen LogP) is 1.29. The number of thiazole rings is 1. The van der Waals surface area contributed by atoms with Gasteiger partial charge in [-0.15, -0.1) is 11.3 Å². The third kappa shape index (κ3) is 4.32. The zero-order chi connectivity index (χ0) is 18.0. The van der Waals surface area contributed by atoms with Gasteiger partial charge in [-0.1, -0.05) is 0 Å². The highest BCUT2D eigenvalue weighted by atomic mass is 32.1. The fraction of sp³-hybridized carbons (Fsp3) is 0.667. The highest BCUT2D eigenvalue weighted by Crippen LogP contribution is 2.25. The summed E-state index contributed by atoms with van der Waals surface area (Å²) >= 11 is 1.71. The van der Waals surface area contributed by atoms with Crippen LogP contribution in [0.15, 0.2) is 17.8 Å². The van der Waals surface area contributed by atoms with E-state index in [9.17, 15) is 0 Å². The molecule has 1 spiro atoms. The first-order valence-electron chi connectivity index (χ1n) is 9.15. The molecule has 8 heteroatoms. The number of aryl methyl sites for hydroxylation is 2. The molecule has 0 bridgehead atoms. The Hall–Kier alpha value is -1.32. The van der Waals surface area contributed by atoms with Gasteiger partial charge in [0.2, 0.25) is 0 Å². The lowest BCUT2D eigenvalue weighted by atomic mass is 10.0. The van der Waals surface area contributed by atoms with Gasteiger partial charge in [-0.05, 0) is 6.92 Å². The summed E-state index contributed by atoms with van der Waals surface area (Å²) in [5, 5.41) is 7.56. The summed E-state index contributed by atoms with van der Waals surface area (Å²) in [5.41, 5.74) is 2.13. The van der Waals surface area contributed by atoms with Gasteiger partial charge >= 0.3 is 0 Å². The maximum absolute atomic E-state index is 6.29. The average molecular weight is 378 g/mol. The quantitative estimate of drug-likeness (QED) is 0.800. The van der Waals surface area contributed by atoms with E-state index in [0.717, 1.165) is 63.2 Å². The fourth-order valence-electron chi connectivity index (χ4n) is 3.88. The normalized spacial score (nSPS) is 25.6. The molecule has 0 N–H and O–H groups in total. The Labute approximate surface area is 158 Å². The van der Waals surface area contributed by atoms with Gasteiger partial charge in [0.15, 0.2) is 0 Å². The van der Waals surface area contributed by atoms with E-state index in [4.69, 9.17) is 9.47 Å². The van der Waals surface area contributed by atoms with Crippen molar-refractivity contribution in [1.82, 2.24) is 24.6 Å². The molecule has 4 rings (SSSR count). The van der Waals surface area contributed by atoms with Crippen LogP contribution < -0.4 is 0 Å². The minimum absolute atomic E-state index is 0.262.